The maximum atomic E-state index is 11.4. The summed E-state index contributed by atoms with van der Waals surface area (Å²) in [5.41, 5.74) is 0.0247. The van der Waals surface area contributed by atoms with Gasteiger partial charge in [-0.2, -0.15) is 0 Å². The van der Waals surface area contributed by atoms with Crippen LogP contribution in [0.15, 0.2) is 0 Å². The van der Waals surface area contributed by atoms with Crippen LogP contribution in [0.4, 0.5) is 4.79 Å². The minimum Gasteiger partial charge on any atom is -0.449 e. The second-order valence-corrected chi connectivity index (χ2v) is 5.54. The van der Waals surface area contributed by atoms with Crippen molar-refractivity contribution in [2.75, 3.05) is 6.61 Å². The van der Waals surface area contributed by atoms with Crippen LogP contribution in [-0.4, -0.2) is 18.7 Å². The number of carbonyl (C=O) groups excluding carboxylic acids is 1. The van der Waals surface area contributed by atoms with E-state index in [1.165, 1.54) is 0 Å². The molecule has 15 heavy (non-hydrogen) atoms. The van der Waals surface area contributed by atoms with Crippen molar-refractivity contribution in [1.29, 1.82) is 0 Å². The van der Waals surface area contributed by atoms with Gasteiger partial charge < -0.3 is 10.1 Å². The molecule has 0 fully saturated rings. The third-order valence-electron chi connectivity index (χ3n) is 2.18. The van der Waals surface area contributed by atoms with Crippen molar-refractivity contribution in [3.63, 3.8) is 0 Å². The van der Waals surface area contributed by atoms with Crippen molar-refractivity contribution in [1.82, 2.24) is 5.32 Å². The zero-order valence-corrected chi connectivity index (χ0v) is 10.9. The number of hydrogen-bond acceptors (Lipinski definition) is 2. The fraction of sp³-hybridized carbons (Fsp3) is 0.917. The van der Waals surface area contributed by atoms with Gasteiger partial charge in [0.25, 0.3) is 0 Å². The molecule has 0 aromatic carbocycles. The molecule has 1 unspecified atom stereocenters. The van der Waals surface area contributed by atoms with Gasteiger partial charge in [0.05, 0.1) is 6.61 Å². The van der Waals surface area contributed by atoms with Gasteiger partial charge in [-0.25, -0.2) is 4.79 Å². The smallest absolute Gasteiger partial charge is 0.407 e. The average Bonchev–Trinajstić information content (AvgIpc) is 2.09. The predicted octanol–water partition coefficient (Wildman–Crippen LogP) is 3.19. The molecule has 0 bridgehead atoms. The van der Waals surface area contributed by atoms with Crippen molar-refractivity contribution >= 4 is 6.09 Å². The molecule has 1 atom stereocenters. The number of nitrogens with one attached hydrogen (secondary N) is 1. The van der Waals surface area contributed by atoms with Crippen molar-refractivity contribution < 1.29 is 9.53 Å². The highest BCUT2D eigenvalue weighted by molar-refractivity contribution is 5.67. The quantitative estimate of drug-likeness (QED) is 0.782. The summed E-state index contributed by atoms with van der Waals surface area (Å²) < 4.78 is 5.14. The Balaban J connectivity index is 3.92. The summed E-state index contributed by atoms with van der Waals surface area (Å²) in [5, 5.41) is 2.88. The summed E-state index contributed by atoms with van der Waals surface area (Å²) in [6, 6.07) is 0.206. The Hall–Kier alpha value is -0.730. The van der Waals surface area contributed by atoms with Crippen molar-refractivity contribution in [2.24, 2.45) is 11.3 Å². The van der Waals surface area contributed by atoms with Crippen LogP contribution in [0.5, 0.6) is 0 Å². The summed E-state index contributed by atoms with van der Waals surface area (Å²) in [7, 11) is 0. The molecule has 0 aromatic heterocycles. The molecule has 3 nitrogen and oxygen atoms in total. The van der Waals surface area contributed by atoms with Gasteiger partial charge in [0.2, 0.25) is 0 Å². The molecule has 1 amide bonds. The van der Waals surface area contributed by atoms with E-state index in [9.17, 15) is 4.79 Å². The minimum absolute atomic E-state index is 0.0247. The topological polar surface area (TPSA) is 38.3 Å². The maximum Gasteiger partial charge on any atom is 0.407 e. The van der Waals surface area contributed by atoms with E-state index in [1.54, 1.807) is 0 Å². The first-order valence-electron chi connectivity index (χ1n) is 5.69. The third-order valence-corrected chi connectivity index (χ3v) is 2.18. The zero-order valence-electron chi connectivity index (χ0n) is 10.9. The zero-order chi connectivity index (χ0) is 12.1. The second kappa shape index (κ2) is 5.99. The molecule has 0 saturated heterocycles. The van der Waals surface area contributed by atoms with Gasteiger partial charge in [-0.15, -0.1) is 0 Å². The lowest BCUT2D eigenvalue weighted by atomic mass is 9.99. The number of amides is 1. The van der Waals surface area contributed by atoms with E-state index in [0.29, 0.717) is 12.5 Å². The van der Waals surface area contributed by atoms with Crippen LogP contribution in [0, 0.1) is 11.3 Å². The van der Waals surface area contributed by atoms with Crippen LogP contribution in [-0.2, 0) is 4.74 Å². The molecule has 0 rings (SSSR count). The Morgan fingerprint density at radius 2 is 1.87 bits per heavy atom. The van der Waals surface area contributed by atoms with Crippen LogP contribution in [0.25, 0.3) is 0 Å². The molecule has 0 aliphatic rings. The van der Waals surface area contributed by atoms with Gasteiger partial charge in [0.15, 0.2) is 0 Å². The molecule has 0 aromatic rings. The summed E-state index contributed by atoms with van der Waals surface area (Å²) in [6.45, 7) is 12.8. The van der Waals surface area contributed by atoms with E-state index >= 15 is 0 Å². The number of ether oxygens (including phenoxy) is 1. The lowest BCUT2D eigenvalue weighted by Gasteiger charge is -2.22. The third kappa shape index (κ3) is 7.23. The average molecular weight is 215 g/mol. The fourth-order valence-electron chi connectivity index (χ4n) is 1.22. The van der Waals surface area contributed by atoms with Crippen molar-refractivity contribution in [2.45, 2.75) is 54.0 Å². The fourth-order valence-corrected chi connectivity index (χ4v) is 1.22. The SMILES string of the molecule is CCC(NC(=O)OCC(C)(C)C)C(C)C. The first kappa shape index (κ1) is 14.3. The van der Waals surface area contributed by atoms with Crippen molar-refractivity contribution in [3.05, 3.63) is 0 Å². The minimum atomic E-state index is -0.300. The van der Waals surface area contributed by atoms with Gasteiger partial charge in [-0.3, -0.25) is 0 Å². The number of hydrogen-bond donors (Lipinski definition) is 1. The number of alkyl carbamates (subject to hydrolysis) is 1. The normalized spacial score (nSPS) is 13.8. The molecule has 90 valence electrons. The highest BCUT2D eigenvalue weighted by Gasteiger charge is 2.17. The Kier molecular flexibility index (Phi) is 5.69. The Morgan fingerprint density at radius 3 is 2.20 bits per heavy atom. The van der Waals surface area contributed by atoms with Gasteiger partial charge in [0, 0.05) is 6.04 Å². The van der Waals surface area contributed by atoms with Crippen LogP contribution in [0.3, 0.4) is 0 Å². The van der Waals surface area contributed by atoms with Crippen LogP contribution in [0.1, 0.15) is 48.0 Å². The Labute approximate surface area is 93.6 Å². The summed E-state index contributed by atoms with van der Waals surface area (Å²) in [5.74, 6) is 0.442. The largest absolute Gasteiger partial charge is 0.449 e. The summed E-state index contributed by atoms with van der Waals surface area (Å²) in [6.07, 6.45) is 0.632. The predicted molar refractivity (Wildman–Crippen MR) is 62.9 cm³/mol. The first-order chi connectivity index (χ1) is 6.76. The molecule has 0 spiro atoms. The maximum absolute atomic E-state index is 11.4. The molecular weight excluding hydrogens is 190 g/mol. The number of rotatable bonds is 4. The standard InChI is InChI=1S/C12H25NO2/c1-7-10(9(2)3)13-11(14)15-8-12(4,5)6/h9-10H,7-8H2,1-6H3,(H,13,14). The monoisotopic (exact) mass is 215 g/mol. The van der Waals surface area contributed by atoms with E-state index in [2.05, 4.69) is 26.1 Å². The van der Waals surface area contributed by atoms with Gasteiger partial charge in [-0.1, -0.05) is 41.5 Å². The van der Waals surface area contributed by atoms with Gasteiger partial charge in [-0.05, 0) is 17.8 Å². The molecule has 0 radical (unpaired) electrons. The lowest BCUT2D eigenvalue weighted by Crippen LogP contribution is -2.39. The van der Waals surface area contributed by atoms with E-state index in [4.69, 9.17) is 4.74 Å². The first-order valence-corrected chi connectivity index (χ1v) is 5.69. The van der Waals surface area contributed by atoms with Crippen LogP contribution in [0.2, 0.25) is 0 Å². The molecule has 0 saturated carbocycles. The number of carbonyl (C=O) groups is 1. The molecule has 1 N–H and O–H groups in total. The lowest BCUT2D eigenvalue weighted by molar-refractivity contribution is 0.101. The van der Waals surface area contributed by atoms with Crippen molar-refractivity contribution in [3.8, 4) is 0 Å². The molecular formula is C12H25NO2. The highest BCUT2D eigenvalue weighted by Crippen LogP contribution is 2.13. The molecule has 0 heterocycles. The van der Waals surface area contributed by atoms with E-state index in [0.717, 1.165) is 6.42 Å². The Bertz CT molecular complexity index is 194. The molecule has 3 heteroatoms. The van der Waals surface area contributed by atoms with Gasteiger partial charge >= 0.3 is 6.09 Å². The van der Waals surface area contributed by atoms with Crippen LogP contribution >= 0.6 is 0 Å². The summed E-state index contributed by atoms with van der Waals surface area (Å²) in [4.78, 5) is 11.4. The van der Waals surface area contributed by atoms with E-state index < -0.39 is 0 Å². The van der Waals surface area contributed by atoms with Crippen LogP contribution < -0.4 is 5.32 Å². The molecule has 0 aliphatic heterocycles. The Morgan fingerprint density at radius 1 is 1.33 bits per heavy atom. The summed E-state index contributed by atoms with van der Waals surface area (Å²) >= 11 is 0. The second-order valence-electron chi connectivity index (χ2n) is 5.54. The van der Waals surface area contributed by atoms with E-state index in [-0.39, 0.29) is 17.6 Å². The van der Waals surface area contributed by atoms with Gasteiger partial charge in [0.1, 0.15) is 0 Å². The highest BCUT2D eigenvalue weighted by atomic mass is 16.5. The molecule has 0 aliphatic carbocycles. The van der Waals surface area contributed by atoms with E-state index in [1.807, 2.05) is 20.8 Å².